The molecule has 0 radical (unpaired) electrons. The van der Waals surface area contributed by atoms with Crippen molar-refractivity contribution in [2.45, 2.75) is 39.7 Å². The second-order valence-electron chi connectivity index (χ2n) is 7.71. The molecule has 0 fully saturated rings. The average molecular weight is 424 g/mol. The second-order valence-corrected chi connectivity index (χ2v) is 9.70. The van der Waals surface area contributed by atoms with Crippen LogP contribution < -0.4 is 5.30 Å². The van der Waals surface area contributed by atoms with E-state index in [9.17, 15) is 4.57 Å². The van der Waals surface area contributed by atoms with Crippen molar-refractivity contribution in [1.82, 2.24) is 15.2 Å². The molecule has 1 aliphatic heterocycles. The number of aromatic nitrogens is 3. The van der Waals surface area contributed by atoms with Crippen LogP contribution in [0.25, 0.3) is 11.0 Å². The Morgan fingerprint density at radius 3 is 2.37 bits per heavy atom. The topological polar surface area (TPSA) is 86.6 Å². The molecule has 4 rings (SSSR count). The molecule has 2 heterocycles. The van der Waals surface area contributed by atoms with Gasteiger partial charge in [-0.2, -0.15) is 0 Å². The van der Waals surface area contributed by atoms with Crippen LogP contribution in [-0.2, 0) is 20.0 Å². The van der Waals surface area contributed by atoms with Crippen molar-refractivity contribution in [3.05, 3.63) is 59.4 Å². The lowest BCUT2D eigenvalue weighted by atomic mass is 9.86. The fourth-order valence-corrected chi connectivity index (χ4v) is 5.57. The summed E-state index contributed by atoms with van der Waals surface area (Å²) >= 11 is 0. The van der Waals surface area contributed by atoms with Crippen LogP contribution >= 0.6 is 7.60 Å². The molecule has 0 atom stereocenters. The van der Waals surface area contributed by atoms with Gasteiger partial charge < -0.3 is 9.05 Å². The summed E-state index contributed by atoms with van der Waals surface area (Å²) in [7, 11) is -3.46. The van der Waals surface area contributed by atoms with Gasteiger partial charge in [-0.25, -0.2) is 4.98 Å². The molecule has 7 nitrogen and oxygen atoms in total. The Bertz CT molecular complexity index is 1170. The van der Waals surface area contributed by atoms with Crippen LogP contribution in [0.4, 0.5) is 0 Å². The summed E-state index contributed by atoms with van der Waals surface area (Å²) in [5.74, 6) is 0.447. The smallest absolute Gasteiger partial charge is 0.305 e. The van der Waals surface area contributed by atoms with Gasteiger partial charge in [0.15, 0.2) is 0 Å². The monoisotopic (exact) mass is 424 g/mol. The molecule has 0 saturated heterocycles. The average Bonchev–Trinajstić information content (AvgIpc) is 2.72. The number of hydrogen-bond acceptors (Lipinski definition) is 7. The first-order chi connectivity index (χ1) is 14.4. The van der Waals surface area contributed by atoms with Gasteiger partial charge in [-0.1, -0.05) is 24.3 Å². The Labute approximate surface area is 176 Å². The van der Waals surface area contributed by atoms with Crippen LogP contribution in [0, 0.1) is 0 Å². The molecule has 0 saturated carbocycles. The highest BCUT2D eigenvalue weighted by molar-refractivity contribution is 7.62. The van der Waals surface area contributed by atoms with E-state index in [2.05, 4.69) is 10.2 Å². The Morgan fingerprint density at radius 2 is 1.67 bits per heavy atom. The highest BCUT2D eigenvalue weighted by atomic mass is 31.2. The van der Waals surface area contributed by atoms with E-state index in [0.717, 1.165) is 22.2 Å². The minimum absolute atomic E-state index is 0.295. The maximum Gasteiger partial charge on any atom is 0.361 e. The second kappa shape index (κ2) is 7.99. The molecular formula is C22H25N4O3P. The van der Waals surface area contributed by atoms with Gasteiger partial charge >= 0.3 is 7.60 Å². The Kier molecular flexibility index (Phi) is 5.53. The maximum atomic E-state index is 13.6. The minimum Gasteiger partial charge on any atom is -0.305 e. The molecule has 3 aromatic rings. The predicted molar refractivity (Wildman–Crippen MR) is 118 cm³/mol. The quantitative estimate of drug-likeness (QED) is 0.554. The fraction of sp³-hybridized carbons (Fsp3) is 0.364. The molecule has 2 aromatic carbocycles. The third-order valence-electron chi connectivity index (χ3n) is 4.90. The van der Waals surface area contributed by atoms with Crippen LogP contribution in [-0.4, -0.2) is 39.6 Å². The van der Waals surface area contributed by atoms with Crippen LogP contribution in [0.2, 0.25) is 0 Å². The predicted octanol–water partition coefficient (Wildman–Crippen LogP) is 4.09. The van der Waals surface area contributed by atoms with Crippen LogP contribution in [0.1, 0.15) is 44.6 Å². The summed E-state index contributed by atoms with van der Waals surface area (Å²) in [6.45, 7) is 8.28. The zero-order chi connectivity index (χ0) is 21.4. The minimum atomic E-state index is -3.46. The molecule has 0 unspecified atom stereocenters. The van der Waals surface area contributed by atoms with Crippen LogP contribution in [0.3, 0.4) is 0 Å². The molecular weight excluding hydrogens is 399 g/mol. The number of benzene rings is 2. The van der Waals surface area contributed by atoms with Gasteiger partial charge in [-0.3, -0.25) is 9.56 Å². The zero-order valence-corrected chi connectivity index (χ0v) is 18.5. The molecule has 0 N–H and O–H groups in total. The van der Waals surface area contributed by atoms with Crippen molar-refractivity contribution in [2.24, 2.45) is 4.99 Å². The number of nitrogens with zero attached hydrogens (tertiary/aromatic N) is 4. The van der Waals surface area contributed by atoms with Gasteiger partial charge in [0.2, 0.25) is 5.82 Å². The lowest BCUT2D eigenvalue weighted by molar-refractivity contribution is 0.229. The lowest BCUT2D eigenvalue weighted by Crippen LogP contribution is -2.34. The summed E-state index contributed by atoms with van der Waals surface area (Å²) in [6, 6.07) is 13.2. The van der Waals surface area contributed by atoms with Gasteiger partial charge in [0.05, 0.1) is 29.6 Å². The summed E-state index contributed by atoms with van der Waals surface area (Å²) in [4.78, 5) is 9.62. The number of fused-ring (bicyclic) bond motifs is 2. The van der Waals surface area contributed by atoms with Crippen molar-refractivity contribution in [3.63, 3.8) is 0 Å². The van der Waals surface area contributed by atoms with Crippen LogP contribution in [0.15, 0.2) is 47.5 Å². The molecule has 1 aliphatic rings. The van der Waals surface area contributed by atoms with E-state index < -0.39 is 13.1 Å². The van der Waals surface area contributed by atoms with Crippen molar-refractivity contribution >= 4 is 29.6 Å². The molecule has 0 spiro atoms. The SMILES string of the molecule is CCOP(=O)(OCC)c1cccc2c1CC(C)(C)N=C2c1nnc2ccccc2n1. The van der Waals surface area contributed by atoms with E-state index in [0.29, 0.717) is 36.5 Å². The van der Waals surface area contributed by atoms with E-state index in [1.165, 1.54) is 0 Å². The first-order valence-corrected chi connectivity index (χ1v) is 11.6. The molecule has 0 bridgehead atoms. The summed E-state index contributed by atoms with van der Waals surface area (Å²) in [5, 5.41) is 9.23. The van der Waals surface area contributed by atoms with Crippen molar-refractivity contribution in [3.8, 4) is 0 Å². The molecule has 0 aliphatic carbocycles. The van der Waals surface area contributed by atoms with E-state index in [-0.39, 0.29) is 0 Å². The van der Waals surface area contributed by atoms with Gasteiger partial charge in [0.1, 0.15) is 11.2 Å². The van der Waals surface area contributed by atoms with Gasteiger partial charge in [-0.05, 0) is 57.9 Å². The number of hydrogen-bond donors (Lipinski definition) is 0. The van der Waals surface area contributed by atoms with Crippen molar-refractivity contribution < 1.29 is 13.6 Å². The largest absolute Gasteiger partial charge is 0.361 e. The van der Waals surface area contributed by atoms with E-state index in [1.54, 1.807) is 0 Å². The normalized spacial score (nSPS) is 15.7. The Hall–Kier alpha value is -2.47. The Morgan fingerprint density at radius 1 is 0.967 bits per heavy atom. The molecule has 0 amide bonds. The first-order valence-electron chi connectivity index (χ1n) is 10.1. The maximum absolute atomic E-state index is 13.6. The van der Waals surface area contributed by atoms with Crippen LogP contribution in [0.5, 0.6) is 0 Å². The van der Waals surface area contributed by atoms with E-state index >= 15 is 0 Å². The van der Waals surface area contributed by atoms with Gasteiger partial charge in [0, 0.05) is 5.56 Å². The van der Waals surface area contributed by atoms with Crippen molar-refractivity contribution in [2.75, 3.05) is 13.2 Å². The summed E-state index contributed by atoms with van der Waals surface area (Å²) in [6.07, 6.45) is 0.604. The third-order valence-corrected chi connectivity index (χ3v) is 7.10. The molecule has 8 heteroatoms. The van der Waals surface area contributed by atoms with E-state index in [4.69, 9.17) is 19.0 Å². The number of para-hydroxylation sites is 1. The standard InChI is InChI=1S/C22H25N4O3P/c1-5-28-30(27,29-6-2)19-13-9-10-15-16(19)14-22(3,4)24-20(15)21-23-17-11-7-8-12-18(17)25-26-21/h7-13H,5-6,14H2,1-4H3. The molecule has 30 heavy (non-hydrogen) atoms. The lowest BCUT2D eigenvalue weighted by Gasteiger charge is -2.31. The highest BCUT2D eigenvalue weighted by Gasteiger charge is 2.37. The Balaban J connectivity index is 1.91. The zero-order valence-electron chi connectivity index (χ0n) is 17.6. The fourth-order valence-electron chi connectivity index (χ4n) is 3.74. The van der Waals surface area contributed by atoms with Gasteiger partial charge in [0.25, 0.3) is 0 Å². The molecule has 156 valence electrons. The van der Waals surface area contributed by atoms with E-state index in [1.807, 2.05) is 70.2 Å². The van der Waals surface area contributed by atoms with Crippen molar-refractivity contribution in [1.29, 1.82) is 0 Å². The van der Waals surface area contributed by atoms with Gasteiger partial charge in [-0.15, -0.1) is 10.2 Å². The summed E-state index contributed by atoms with van der Waals surface area (Å²) < 4.78 is 24.9. The first kappa shape index (κ1) is 20.8. The third kappa shape index (κ3) is 3.81. The molecule has 1 aromatic heterocycles. The number of aliphatic imine (C=N–C) groups is 1. The highest BCUT2D eigenvalue weighted by Crippen LogP contribution is 2.49. The summed E-state index contributed by atoms with van der Waals surface area (Å²) in [5.41, 5.74) is 3.42. The number of rotatable bonds is 6.